The van der Waals surface area contributed by atoms with Gasteiger partial charge in [-0.3, -0.25) is 14.3 Å². The number of aromatic nitrogens is 3. The van der Waals surface area contributed by atoms with Crippen LogP contribution in [0.1, 0.15) is 70.9 Å². The summed E-state index contributed by atoms with van der Waals surface area (Å²) in [4.78, 5) is 40.2. The molecule has 0 unspecified atom stereocenters. The van der Waals surface area contributed by atoms with E-state index >= 15 is 0 Å². The first-order valence-corrected chi connectivity index (χ1v) is 15.1. The van der Waals surface area contributed by atoms with Crippen molar-refractivity contribution in [2.75, 3.05) is 38.0 Å². The lowest BCUT2D eigenvalue weighted by molar-refractivity contribution is 0.0139. The molecule has 2 aromatic heterocycles. The molecule has 0 bridgehead atoms. The molecule has 0 atom stereocenters. The highest BCUT2D eigenvalue weighted by atomic mass is 16.6. The number of rotatable bonds is 6. The first-order chi connectivity index (χ1) is 19.6. The lowest BCUT2D eigenvalue weighted by Crippen LogP contribution is -2.49. The Balaban J connectivity index is 1.27. The number of aliphatic hydroxyl groups excluding tert-OH is 1. The molecule has 1 amide bonds. The molecule has 3 fully saturated rings. The fraction of sp³-hybridized carbons (Fsp3) is 0.613. The van der Waals surface area contributed by atoms with E-state index in [0.29, 0.717) is 55.4 Å². The lowest BCUT2D eigenvalue weighted by atomic mass is 9.92. The summed E-state index contributed by atoms with van der Waals surface area (Å²) in [5.41, 5.74) is 1.20. The monoisotopic (exact) mass is 562 g/mol. The average Bonchev–Trinajstić information content (AvgIpc) is 3.77. The van der Waals surface area contributed by atoms with Gasteiger partial charge < -0.3 is 20.1 Å². The predicted octanol–water partition coefficient (Wildman–Crippen LogP) is 4.30. The number of carbonyl (C=O) groups is 1. The van der Waals surface area contributed by atoms with Gasteiger partial charge in [0, 0.05) is 62.3 Å². The van der Waals surface area contributed by atoms with Crippen LogP contribution in [0.3, 0.4) is 0 Å². The number of benzene rings is 1. The molecule has 10 heteroatoms. The third kappa shape index (κ3) is 6.33. The second-order valence-corrected chi connectivity index (χ2v) is 13.0. The minimum atomic E-state index is -0.506. The van der Waals surface area contributed by atoms with Crippen LogP contribution in [0, 0.1) is 5.92 Å². The molecule has 0 radical (unpaired) electrons. The van der Waals surface area contributed by atoms with Crippen molar-refractivity contribution in [1.82, 2.24) is 24.3 Å². The number of pyridine rings is 1. The molecule has 2 N–H and O–H groups in total. The summed E-state index contributed by atoms with van der Waals surface area (Å²) in [7, 11) is 0. The van der Waals surface area contributed by atoms with Gasteiger partial charge >= 0.3 is 6.09 Å². The average molecular weight is 563 g/mol. The molecule has 0 spiro atoms. The van der Waals surface area contributed by atoms with E-state index in [-0.39, 0.29) is 23.8 Å². The standard InChI is InChI=1S/C31H42N6O4/c1-31(2,3)41-30(40)36-14-12-35(13-15-36)19-21-6-11-24-25(16-21)28(39)37(22-7-9-23(38)10-8-22)27-26(24)18-33-29(34-27)32-17-20-4-5-20/h6,11,16,18,20,22-23,38H,4-5,7-10,12-15,17,19H2,1-3H3,(H,32,33,34). The molecular weight excluding hydrogens is 520 g/mol. The minimum Gasteiger partial charge on any atom is -0.444 e. The fourth-order valence-corrected chi connectivity index (χ4v) is 6.05. The second-order valence-electron chi connectivity index (χ2n) is 13.0. The van der Waals surface area contributed by atoms with Crippen molar-refractivity contribution >= 4 is 33.8 Å². The number of aliphatic hydroxyl groups is 1. The van der Waals surface area contributed by atoms with Crippen LogP contribution in [0.2, 0.25) is 0 Å². The zero-order valence-electron chi connectivity index (χ0n) is 24.4. The molecule has 10 nitrogen and oxygen atoms in total. The second kappa shape index (κ2) is 11.2. The van der Waals surface area contributed by atoms with E-state index in [1.807, 2.05) is 43.7 Å². The third-order valence-corrected chi connectivity index (χ3v) is 8.53. The van der Waals surface area contributed by atoms with Crippen molar-refractivity contribution in [3.8, 4) is 0 Å². The number of nitrogens with zero attached hydrogens (tertiary/aromatic N) is 5. The van der Waals surface area contributed by atoms with Crippen LogP contribution in [0.5, 0.6) is 0 Å². The molecule has 3 heterocycles. The Morgan fingerprint density at radius 1 is 1.02 bits per heavy atom. The maximum Gasteiger partial charge on any atom is 0.410 e. The van der Waals surface area contributed by atoms with Gasteiger partial charge in [0.25, 0.3) is 5.56 Å². The Morgan fingerprint density at radius 3 is 2.44 bits per heavy atom. The molecule has 41 heavy (non-hydrogen) atoms. The molecule has 1 aromatic carbocycles. The van der Waals surface area contributed by atoms with Gasteiger partial charge in [0.1, 0.15) is 11.2 Å². The van der Waals surface area contributed by atoms with Crippen LogP contribution in [0.4, 0.5) is 10.7 Å². The van der Waals surface area contributed by atoms with E-state index in [2.05, 4.69) is 21.3 Å². The van der Waals surface area contributed by atoms with Crippen LogP contribution < -0.4 is 10.9 Å². The lowest BCUT2D eigenvalue weighted by Gasteiger charge is -2.35. The molecule has 6 rings (SSSR count). The van der Waals surface area contributed by atoms with Crippen molar-refractivity contribution in [2.45, 2.75) is 83.6 Å². The van der Waals surface area contributed by atoms with Crippen LogP contribution in [0.15, 0.2) is 29.2 Å². The summed E-state index contributed by atoms with van der Waals surface area (Å²) in [6, 6.07) is 6.13. The van der Waals surface area contributed by atoms with Gasteiger partial charge in [-0.15, -0.1) is 0 Å². The predicted molar refractivity (Wildman–Crippen MR) is 159 cm³/mol. The fourth-order valence-electron chi connectivity index (χ4n) is 6.05. The Bertz CT molecular complexity index is 1480. The van der Waals surface area contributed by atoms with E-state index in [9.17, 15) is 14.7 Å². The number of nitrogens with one attached hydrogen (secondary N) is 1. The Morgan fingerprint density at radius 2 is 1.76 bits per heavy atom. The van der Waals surface area contributed by atoms with Gasteiger partial charge in [-0.25, -0.2) is 9.78 Å². The van der Waals surface area contributed by atoms with E-state index in [1.54, 1.807) is 4.90 Å². The van der Waals surface area contributed by atoms with Crippen molar-refractivity contribution in [3.63, 3.8) is 0 Å². The summed E-state index contributed by atoms with van der Waals surface area (Å²) in [6.07, 6.45) is 6.62. The third-order valence-electron chi connectivity index (χ3n) is 8.53. The van der Waals surface area contributed by atoms with Gasteiger partial charge in [-0.1, -0.05) is 12.1 Å². The number of piperazine rings is 1. The molecule has 3 aromatic rings. The van der Waals surface area contributed by atoms with Gasteiger partial charge in [-0.05, 0) is 82.2 Å². The zero-order valence-corrected chi connectivity index (χ0v) is 24.4. The quantitative estimate of drug-likeness (QED) is 0.428. The maximum absolute atomic E-state index is 14.1. The topological polar surface area (TPSA) is 113 Å². The number of fused-ring (bicyclic) bond motifs is 3. The molecular formula is C31H42N6O4. The maximum atomic E-state index is 14.1. The van der Waals surface area contributed by atoms with Gasteiger partial charge in [0.2, 0.25) is 5.95 Å². The summed E-state index contributed by atoms with van der Waals surface area (Å²) in [5, 5.41) is 15.9. The Hall–Kier alpha value is -3.24. The minimum absolute atomic E-state index is 0.00595. The highest BCUT2D eigenvalue weighted by Gasteiger charge is 2.28. The van der Waals surface area contributed by atoms with Gasteiger partial charge in [0.15, 0.2) is 0 Å². The van der Waals surface area contributed by atoms with Crippen LogP contribution in [0.25, 0.3) is 21.8 Å². The Kier molecular flexibility index (Phi) is 7.63. The molecule has 220 valence electrons. The number of amides is 1. The van der Waals surface area contributed by atoms with Crippen LogP contribution in [-0.2, 0) is 11.3 Å². The summed E-state index contributed by atoms with van der Waals surface area (Å²) >= 11 is 0. The summed E-state index contributed by atoms with van der Waals surface area (Å²) in [5.74, 6) is 1.25. The summed E-state index contributed by atoms with van der Waals surface area (Å²) < 4.78 is 7.40. The number of anilines is 1. The highest BCUT2D eigenvalue weighted by Crippen LogP contribution is 2.33. The molecule has 1 aliphatic heterocycles. The normalized spacial score (nSPS) is 22.3. The van der Waals surface area contributed by atoms with E-state index < -0.39 is 5.60 Å². The van der Waals surface area contributed by atoms with Crippen molar-refractivity contribution in [3.05, 3.63) is 40.3 Å². The van der Waals surface area contributed by atoms with E-state index in [0.717, 1.165) is 48.8 Å². The molecule has 2 saturated carbocycles. The Labute approximate surface area is 240 Å². The van der Waals surface area contributed by atoms with Gasteiger partial charge in [0.05, 0.1) is 6.10 Å². The first kappa shape index (κ1) is 27.9. The first-order valence-electron chi connectivity index (χ1n) is 15.1. The number of carbonyl (C=O) groups excluding carboxylic acids is 1. The van der Waals surface area contributed by atoms with Gasteiger partial charge in [-0.2, -0.15) is 4.98 Å². The zero-order chi connectivity index (χ0) is 28.7. The van der Waals surface area contributed by atoms with E-state index in [4.69, 9.17) is 9.72 Å². The highest BCUT2D eigenvalue weighted by molar-refractivity contribution is 6.04. The van der Waals surface area contributed by atoms with Crippen molar-refractivity contribution in [2.24, 2.45) is 5.92 Å². The molecule has 2 aliphatic carbocycles. The summed E-state index contributed by atoms with van der Waals surface area (Å²) in [6.45, 7) is 9.92. The number of ether oxygens (including phenoxy) is 1. The largest absolute Gasteiger partial charge is 0.444 e. The smallest absolute Gasteiger partial charge is 0.410 e. The van der Waals surface area contributed by atoms with Crippen LogP contribution >= 0.6 is 0 Å². The van der Waals surface area contributed by atoms with Crippen LogP contribution in [-0.4, -0.2) is 80.0 Å². The van der Waals surface area contributed by atoms with Crippen molar-refractivity contribution in [1.29, 1.82) is 0 Å². The number of hydrogen-bond donors (Lipinski definition) is 2. The number of hydrogen-bond acceptors (Lipinski definition) is 8. The van der Waals surface area contributed by atoms with Crippen molar-refractivity contribution < 1.29 is 14.6 Å². The van der Waals surface area contributed by atoms with E-state index in [1.165, 1.54) is 12.8 Å². The molecule has 1 saturated heterocycles. The molecule has 3 aliphatic rings. The SMILES string of the molecule is CC(C)(C)OC(=O)N1CCN(Cc2ccc3c(c2)c(=O)n(C2CCC(O)CC2)c2nc(NCC4CC4)ncc32)CC1.